The highest BCUT2D eigenvalue weighted by Crippen LogP contribution is 2.15. The quantitative estimate of drug-likeness (QED) is 0.758. The predicted molar refractivity (Wildman–Crippen MR) is 69.8 cm³/mol. The van der Waals surface area contributed by atoms with Gasteiger partial charge in [0.05, 0.1) is 11.8 Å². The Hall–Kier alpha value is -2.16. The van der Waals surface area contributed by atoms with Gasteiger partial charge in [-0.25, -0.2) is 4.79 Å². The van der Waals surface area contributed by atoms with E-state index in [1.54, 1.807) is 18.3 Å². The summed E-state index contributed by atoms with van der Waals surface area (Å²) >= 11 is 0. The van der Waals surface area contributed by atoms with Crippen molar-refractivity contribution in [1.29, 1.82) is 0 Å². The summed E-state index contributed by atoms with van der Waals surface area (Å²) in [5, 5.41) is 0. The minimum Gasteiger partial charge on any atom is -0.421 e. The number of benzene rings is 1. The third-order valence-electron chi connectivity index (χ3n) is 2.80. The van der Waals surface area contributed by atoms with E-state index in [9.17, 15) is 4.79 Å². The van der Waals surface area contributed by atoms with Gasteiger partial charge in [-0.05, 0) is 55.7 Å². The third-order valence-corrected chi connectivity index (χ3v) is 2.80. The van der Waals surface area contributed by atoms with Gasteiger partial charge in [0.2, 0.25) is 0 Å². The molecule has 3 nitrogen and oxygen atoms in total. The van der Waals surface area contributed by atoms with Crippen LogP contribution in [0.2, 0.25) is 0 Å². The molecule has 0 amide bonds. The van der Waals surface area contributed by atoms with E-state index in [1.165, 1.54) is 6.20 Å². The summed E-state index contributed by atoms with van der Waals surface area (Å²) in [7, 11) is 0. The summed E-state index contributed by atoms with van der Waals surface area (Å²) in [5.41, 5.74) is 3.75. The molecule has 2 aromatic rings. The molecule has 3 heteroatoms. The average molecular weight is 241 g/mol. The summed E-state index contributed by atoms with van der Waals surface area (Å²) in [4.78, 5) is 15.9. The number of nitrogens with zero attached hydrogens (tertiary/aromatic N) is 1. The molecule has 0 unspecified atom stereocenters. The van der Waals surface area contributed by atoms with Crippen LogP contribution in [0.4, 0.5) is 0 Å². The number of aryl methyl sites for hydroxylation is 3. The molecule has 1 heterocycles. The second-order valence-electron chi connectivity index (χ2n) is 4.39. The Balaban J connectivity index is 2.19. The summed E-state index contributed by atoms with van der Waals surface area (Å²) in [6.45, 7) is 5.88. The number of carbonyl (C=O) groups excluding carboxylic acids is 1. The van der Waals surface area contributed by atoms with Gasteiger partial charge in [0.15, 0.2) is 0 Å². The zero-order chi connectivity index (χ0) is 13.1. The lowest BCUT2D eigenvalue weighted by Gasteiger charge is -2.06. The summed E-state index contributed by atoms with van der Waals surface area (Å²) in [5.74, 6) is 0.115. The molecule has 0 fully saturated rings. The maximum Gasteiger partial charge on any atom is 0.343 e. The number of hydrogen-bond donors (Lipinski definition) is 0. The van der Waals surface area contributed by atoms with Gasteiger partial charge in [0, 0.05) is 6.20 Å². The molecule has 0 radical (unpaired) electrons. The average Bonchev–Trinajstić information content (AvgIpc) is 2.32. The summed E-state index contributed by atoms with van der Waals surface area (Å²) < 4.78 is 5.27. The lowest BCUT2D eigenvalue weighted by atomic mass is 10.1. The summed E-state index contributed by atoms with van der Waals surface area (Å²) in [6, 6.07) is 7.31. The van der Waals surface area contributed by atoms with Gasteiger partial charge >= 0.3 is 5.97 Å². The Kier molecular flexibility index (Phi) is 3.42. The van der Waals surface area contributed by atoms with E-state index in [0.717, 1.165) is 16.7 Å². The van der Waals surface area contributed by atoms with Crippen LogP contribution < -0.4 is 4.74 Å². The fourth-order valence-corrected chi connectivity index (χ4v) is 1.62. The molecule has 0 bridgehead atoms. The first-order chi connectivity index (χ1) is 8.56. The number of ether oxygens (including phenoxy) is 1. The molecular formula is C15H15NO2. The zero-order valence-electron chi connectivity index (χ0n) is 10.7. The van der Waals surface area contributed by atoms with Crippen molar-refractivity contribution in [2.24, 2.45) is 0 Å². The first-order valence-corrected chi connectivity index (χ1v) is 5.77. The van der Waals surface area contributed by atoms with Crippen molar-refractivity contribution in [2.45, 2.75) is 20.8 Å². The van der Waals surface area contributed by atoms with Gasteiger partial charge in [-0.3, -0.25) is 4.98 Å². The highest BCUT2D eigenvalue weighted by molar-refractivity contribution is 5.91. The number of pyridine rings is 1. The van der Waals surface area contributed by atoms with Gasteiger partial charge in [0.25, 0.3) is 0 Å². The first kappa shape index (κ1) is 12.3. The molecule has 0 saturated carbocycles. The van der Waals surface area contributed by atoms with Crippen LogP contribution in [-0.4, -0.2) is 11.0 Å². The molecule has 2 rings (SSSR count). The zero-order valence-corrected chi connectivity index (χ0v) is 10.7. The molecule has 0 spiro atoms. The van der Waals surface area contributed by atoms with Crippen molar-refractivity contribution in [3.8, 4) is 5.75 Å². The van der Waals surface area contributed by atoms with E-state index in [4.69, 9.17) is 4.74 Å². The van der Waals surface area contributed by atoms with Gasteiger partial charge in [-0.15, -0.1) is 0 Å². The first-order valence-electron chi connectivity index (χ1n) is 5.77. The van der Waals surface area contributed by atoms with Crippen molar-refractivity contribution in [2.75, 3.05) is 0 Å². The molecular weight excluding hydrogens is 226 g/mol. The lowest BCUT2D eigenvalue weighted by molar-refractivity contribution is 0.0734. The molecule has 18 heavy (non-hydrogen) atoms. The normalized spacial score (nSPS) is 10.2. The van der Waals surface area contributed by atoms with Gasteiger partial charge in [-0.2, -0.15) is 0 Å². The van der Waals surface area contributed by atoms with Gasteiger partial charge in [-0.1, -0.05) is 6.07 Å². The maximum atomic E-state index is 11.9. The summed E-state index contributed by atoms with van der Waals surface area (Å²) in [6.07, 6.45) is 3.25. The second-order valence-corrected chi connectivity index (χ2v) is 4.39. The van der Waals surface area contributed by atoms with Crippen LogP contribution in [0.3, 0.4) is 0 Å². The molecule has 0 aliphatic rings. The molecule has 0 atom stereocenters. The van der Waals surface area contributed by atoms with Crippen molar-refractivity contribution >= 4 is 5.97 Å². The molecule has 0 saturated heterocycles. The minimum atomic E-state index is -0.356. The van der Waals surface area contributed by atoms with E-state index in [1.807, 2.05) is 32.9 Å². The van der Waals surface area contributed by atoms with Gasteiger partial charge < -0.3 is 4.74 Å². The van der Waals surface area contributed by atoms with Crippen molar-refractivity contribution in [3.05, 3.63) is 58.9 Å². The number of esters is 1. The topological polar surface area (TPSA) is 39.2 Å². The van der Waals surface area contributed by atoms with E-state index in [0.29, 0.717) is 11.3 Å². The van der Waals surface area contributed by atoms with Crippen LogP contribution in [0, 0.1) is 20.8 Å². The van der Waals surface area contributed by atoms with Crippen LogP contribution >= 0.6 is 0 Å². The monoisotopic (exact) mass is 241 g/mol. The Labute approximate surface area is 106 Å². The molecule has 0 aliphatic heterocycles. The van der Waals surface area contributed by atoms with Crippen LogP contribution in [0.15, 0.2) is 36.7 Å². The second kappa shape index (κ2) is 5.00. The van der Waals surface area contributed by atoms with E-state index >= 15 is 0 Å². The van der Waals surface area contributed by atoms with E-state index < -0.39 is 0 Å². The standard InChI is InChI=1S/C15H15NO2/c1-10-6-14(9-16-8-10)18-15(17)13-5-4-11(2)12(3)7-13/h4-9H,1-3H3. The fourth-order valence-electron chi connectivity index (χ4n) is 1.62. The SMILES string of the molecule is Cc1cncc(OC(=O)c2ccc(C)c(C)c2)c1. The molecule has 1 aromatic carbocycles. The lowest BCUT2D eigenvalue weighted by Crippen LogP contribution is -2.09. The Morgan fingerprint density at radius 1 is 1.06 bits per heavy atom. The number of rotatable bonds is 2. The number of aromatic nitrogens is 1. The van der Waals surface area contributed by atoms with E-state index in [-0.39, 0.29) is 5.97 Å². The Morgan fingerprint density at radius 2 is 1.83 bits per heavy atom. The van der Waals surface area contributed by atoms with Crippen LogP contribution in [0.1, 0.15) is 27.0 Å². The largest absolute Gasteiger partial charge is 0.421 e. The number of carbonyl (C=O) groups is 1. The van der Waals surface area contributed by atoms with Crippen molar-refractivity contribution in [3.63, 3.8) is 0 Å². The highest BCUT2D eigenvalue weighted by Gasteiger charge is 2.09. The molecule has 0 aliphatic carbocycles. The fraction of sp³-hybridized carbons (Fsp3) is 0.200. The third kappa shape index (κ3) is 2.74. The van der Waals surface area contributed by atoms with Crippen LogP contribution in [0.5, 0.6) is 5.75 Å². The number of hydrogen-bond acceptors (Lipinski definition) is 3. The predicted octanol–water partition coefficient (Wildman–Crippen LogP) is 3.23. The van der Waals surface area contributed by atoms with Gasteiger partial charge in [0.1, 0.15) is 5.75 Å². The smallest absolute Gasteiger partial charge is 0.343 e. The van der Waals surface area contributed by atoms with Crippen LogP contribution in [-0.2, 0) is 0 Å². The molecule has 1 aromatic heterocycles. The molecule has 92 valence electrons. The van der Waals surface area contributed by atoms with Crippen molar-refractivity contribution in [1.82, 2.24) is 4.98 Å². The minimum absolute atomic E-state index is 0.356. The Morgan fingerprint density at radius 3 is 2.50 bits per heavy atom. The van der Waals surface area contributed by atoms with Crippen molar-refractivity contribution < 1.29 is 9.53 Å². The molecule has 0 N–H and O–H groups in total. The highest BCUT2D eigenvalue weighted by atomic mass is 16.5. The van der Waals surface area contributed by atoms with Crippen LogP contribution in [0.25, 0.3) is 0 Å². The maximum absolute atomic E-state index is 11.9. The van der Waals surface area contributed by atoms with E-state index in [2.05, 4.69) is 4.98 Å². The Bertz CT molecular complexity index is 591.